The maximum Gasteiger partial charge on any atom is 0.347 e. The molecule has 3 N–H and O–H groups in total. The predicted molar refractivity (Wildman–Crippen MR) is 115 cm³/mol. The molecule has 1 aromatic heterocycles. The summed E-state index contributed by atoms with van der Waals surface area (Å²) in [6.45, 7) is 7.94. The molecule has 0 radical (unpaired) electrons. The van der Waals surface area contributed by atoms with Crippen LogP contribution in [0.5, 0.6) is 5.75 Å². The zero-order valence-corrected chi connectivity index (χ0v) is 19.1. The van der Waals surface area contributed by atoms with E-state index in [1.807, 2.05) is 0 Å². The topological polar surface area (TPSA) is 134 Å². The van der Waals surface area contributed by atoms with E-state index < -0.39 is 21.6 Å². The monoisotopic (exact) mass is 443 g/mol. The van der Waals surface area contributed by atoms with E-state index in [1.54, 1.807) is 0 Å². The standard InChI is InChI=1S/C19H33N5O5S/c1-6-13(7-2)21-16-15(29-19(3,4)17(25)26)12-20-18(23-16)22-14-8-10-24(11-9-14)30(5,27)28/h12-14H,6-11H2,1-5H3,(H,25,26)(H2,20,21,22,23). The number of nitrogens with zero attached hydrogens (tertiary/aromatic N) is 3. The Morgan fingerprint density at radius 3 is 2.43 bits per heavy atom. The van der Waals surface area contributed by atoms with Crippen LogP contribution in [0.25, 0.3) is 0 Å². The fourth-order valence-electron chi connectivity index (χ4n) is 3.14. The zero-order valence-electron chi connectivity index (χ0n) is 18.3. The molecule has 0 atom stereocenters. The Hall–Kier alpha value is -2.14. The van der Waals surface area contributed by atoms with Crippen molar-refractivity contribution in [2.75, 3.05) is 30.0 Å². The average Bonchev–Trinajstić information content (AvgIpc) is 2.67. The Balaban J connectivity index is 2.18. The van der Waals surface area contributed by atoms with Crippen LogP contribution in [-0.4, -0.2) is 70.8 Å². The number of rotatable bonds is 10. The Morgan fingerprint density at radius 1 is 1.33 bits per heavy atom. The number of carbonyl (C=O) groups is 1. The average molecular weight is 444 g/mol. The zero-order chi connectivity index (χ0) is 22.5. The lowest BCUT2D eigenvalue weighted by atomic mass is 10.1. The van der Waals surface area contributed by atoms with E-state index in [-0.39, 0.29) is 17.8 Å². The van der Waals surface area contributed by atoms with Gasteiger partial charge in [0, 0.05) is 25.2 Å². The Bertz CT molecular complexity index is 834. The summed E-state index contributed by atoms with van der Waals surface area (Å²) in [6.07, 6.45) is 5.73. The van der Waals surface area contributed by atoms with Gasteiger partial charge in [-0.2, -0.15) is 4.98 Å². The lowest BCUT2D eigenvalue weighted by molar-refractivity contribution is -0.152. The number of anilines is 2. The SMILES string of the molecule is CCC(CC)Nc1nc(NC2CCN(S(C)(=O)=O)CC2)ncc1OC(C)(C)C(=O)O. The minimum Gasteiger partial charge on any atom is -0.478 e. The van der Waals surface area contributed by atoms with E-state index in [4.69, 9.17) is 4.74 Å². The van der Waals surface area contributed by atoms with Crippen molar-refractivity contribution in [3.63, 3.8) is 0 Å². The highest BCUT2D eigenvalue weighted by Gasteiger charge is 2.31. The van der Waals surface area contributed by atoms with Crippen molar-refractivity contribution in [2.45, 2.75) is 71.1 Å². The van der Waals surface area contributed by atoms with Crippen molar-refractivity contribution in [3.8, 4) is 5.75 Å². The second-order valence-corrected chi connectivity index (χ2v) is 10.0. The summed E-state index contributed by atoms with van der Waals surface area (Å²) in [5, 5.41) is 15.9. The smallest absolute Gasteiger partial charge is 0.347 e. The summed E-state index contributed by atoms with van der Waals surface area (Å²) in [6, 6.07) is 0.201. The van der Waals surface area contributed by atoms with Crippen LogP contribution in [0.4, 0.5) is 11.8 Å². The fourth-order valence-corrected chi connectivity index (χ4v) is 4.01. The molecule has 11 heteroatoms. The van der Waals surface area contributed by atoms with E-state index >= 15 is 0 Å². The highest BCUT2D eigenvalue weighted by molar-refractivity contribution is 7.88. The molecule has 1 aliphatic heterocycles. The molecule has 2 rings (SSSR count). The van der Waals surface area contributed by atoms with E-state index in [1.165, 1.54) is 30.6 Å². The molecule has 1 saturated heterocycles. The van der Waals surface area contributed by atoms with Gasteiger partial charge in [0.1, 0.15) is 0 Å². The van der Waals surface area contributed by atoms with Crippen molar-refractivity contribution < 1.29 is 23.1 Å². The lowest BCUT2D eigenvalue weighted by Crippen LogP contribution is -2.42. The number of carboxylic acid groups (broad SMARTS) is 1. The third-order valence-corrected chi connectivity index (χ3v) is 6.52. The van der Waals surface area contributed by atoms with Crippen LogP contribution in [0, 0.1) is 0 Å². The number of aromatic nitrogens is 2. The molecule has 10 nitrogen and oxygen atoms in total. The number of nitrogens with one attached hydrogen (secondary N) is 2. The number of carboxylic acids is 1. The van der Waals surface area contributed by atoms with Gasteiger partial charge in [-0.25, -0.2) is 22.5 Å². The largest absolute Gasteiger partial charge is 0.478 e. The molecule has 2 heterocycles. The third-order valence-electron chi connectivity index (χ3n) is 5.22. The molecule has 0 bridgehead atoms. The van der Waals surface area contributed by atoms with Crippen LogP contribution < -0.4 is 15.4 Å². The van der Waals surface area contributed by atoms with E-state index in [0.717, 1.165) is 12.8 Å². The summed E-state index contributed by atoms with van der Waals surface area (Å²) in [5.74, 6) is 0.00778. The summed E-state index contributed by atoms with van der Waals surface area (Å²) in [5.41, 5.74) is -1.43. The van der Waals surface area contributed by atoms with Gasteiger partial charge in [0.05, 0.1) is 12.5 Å². The summed E-state index contributed by atoms with van der Waals surface area (Å²) in [7, 11) is -3.18. The van der Waals surface area contributed by atoms with Crippen LogP contribution in [-0.2, 0) is 14.8 Å². The predicted octanol–water partition coefficient (Wildman–Crippen LogP) is 2.15. The van der Waals surface area contributed by atoms with Gasteiger partial charge in [-0.05, 0) is 39.5 Å². The molecule has 0 amide bonds. The molecule has 1 aliphatic rings. The number of piperidine rings is 1. The lowest BCUT2D eigenvalue weighted by Gasteiger charge is -2.31. The molecule has 170 valence electrons. The number of aliphatic carboxylic acids is 1. The van der Waals surface area contributed by atoms with Gasteiger partial charge in [-0.15, -0.1) is 0 Å². The second-order valence-electron chi connectivity index (χ2n) is 8.06. The molecular weight excluding hydrogens is 410 g/mol. The van der Waals surface area contributed by atoms with E-state index in [9.17, 15) is 18.3 Å². The maximum absolute atomic E-state index is 11.7. The van der Waals surface area contributed by atoms with Gasteiger partial charge in [0.25, 0.3) is 0 Å². The normalized spacial score (nSPS) is 16.5. The molecule has 0 spiro atoms. The summed E-state index contributed by atoms with van der Waals surface area (Å²) >= 11 is 0. The van der Waals surface area contributed by atoms with Crippen LogP contribution in [0.3, 0.4) is 0 Å². The first-order chi connectivity index (χ1) is 14.0. The van der Waals surface area contributed by atoms with Gasteiger partial charge in [-0.1, -0.05) is 13.8 Å². The first-order valence-electron chi connectivity index (χ1n) is 10.2. The maximum atomic E-state index is 11.7. The van der Waals surface area contributed by atoms with Crippen molar-refractivity contribution in [1.82, 2.24) is 14.3 Å². The Morgan fingerprint density at radius 2 is 1.93 bits per heavy atom. The first-order valence-corrected chi connectivity index (χ1v) is 12.1. The van der Waals surface area contributed by atoms with Gasteiger partial charge >= 0.3 is 5.97 Å². The second kappa shape index (κ2) is 9.78. The summed E-state index contributed by atoms with van der Waals surface area (Å²) in [4.78, 5) is 20.3. The molecule has 30 heavy (non-hydrogen) atoms. The highest BCUT2D eigenvalue weighted by atomic mass is 32.2. The van der Waals surface area contributed by atoms with Gasteiger partial charge in [0.15, 0.2) is 17.2 Å². The number of sulfonamides is 1. The van der Waals surface area contributed by atoms with Crippen molar-refractivity contribution in [3.05, 3.63) is 6.20 Å². The van der Waals surface area contributed by atoms with Crippen LogP contribution in [0.15, 0.2) is 6.20 Å². The quantitative estimate of drug-likeness (QED) is 0.497. The molecular formula is C19H33N5O5S. The molecule has 1 aromatic rings. The molecule has 1 fully saturated rings. The van der Waals surface area contributed by atoms with Crippen molar-refractivity contribution >= 4 is 27.8 Å². The molecule has 0 aliphatic carbocycles. The van der Waals surface area contributed by atoms with E-state index in [2.05, 4.69) is 34.4 Å². The van der Waals surface area contributed by atoms with Crippen LogP contribution in [0.1, 0.15) is 53.4 Å². The van der Waals surface area contributed by atoms with E-state index in [0.29, 0.717) is 37.7 Å². The van der Waals surface area contributed by atoms with Crippen molar-refractivity contribution in [2.24, 2.45) is 0 Å². The first kappa shape index (κ1) is 24.1. The number of hydrogen-bond donors (Lipinski definition) is 3. The number of hydrogen-bond acceptors (Lipinski definition) is 8. The fraction of sp³-hybridized carbons (Fsp3) is 0.737. The third kappa shape index (κ3) is 6.43. The van der Waals surface area contributed by atoms with Crippen molar-refractivity contribution in [1.29, 1.82) is 0 Å². The summed E-state index contributed by atoms with van der Waals surface area (Å²) < 4.78 is 30.5. The molecule has 0 aromatic carbocycles. The molecule has 0 unspecified atom stereocenters. The van der Waals surface area contributed by atoms with Gasteiger partial charge in [-0.3, -0.25) is 0 Å². The minimum atomic E-state index is -3.18. The highest BCUT2D eigenvalue weighted by Crippen LogP contribution is 2.29. The molecule has 0 saturated carbocycles. The Kier molecular flexibility index (Phi) is 7.87. The minimum absolute atomic E-state index is 0.0474. The van der Waals surface area contributed by atoms with Crippen LogP contribution in [0.2, 0.25) is 0 Å². The van der Waals surface area contributed by atoms with Gasteiger partial charge in [0.2, 0.25) is 16.0 Å². The van der Waals surface area contributed by atoms with Gasteiger partial charge < -0.3 is 20.5 Å². The number of ether oxygens (including phenoxy) is 1. The van der Waals surface area contributed by atoms with Crippen LogP contribution >= 0.6 is 0 Å². The Labute approximate surface area is 178 Å².